The molecule has 1 heterocycles. The van der Waals surface area contributed by atoms with Gasteiger partial charge in [-0.05, 0) is 51.7 Å². The molecule has 1 saturated heterocycles. The Hall–Kier alpha value is -0.770. The molecule has 17 heavy (non-hydrogen) atoms. The van der Waals surface area contributed by atoms with Crippen molar-refractivity contribution in [2.75, 3.05) is 26.7 Å². The van der Waals surface area contributed by atoms with E-state index in [1.54, 1.807) is 0 Å². The van der Waals surface area contributed by atoms with E-state index in [0.717, 1.165) is 32.5 Å². The molecule has 4 nitrogen and oxygen atoms in total. The molecule has 1 aliphatic carbocycles. The third kappa shape index (κ3) is 4.19. The average Bonchev–Trinajstić information content (AvgIpc) is 2.81. The van der Waals surface area contributed by atoms with E-state index in [1.165, 1.54) is 25.7 Å². The fraction of sp³-hybridized carbons (Fsp3) is 0.923. The summed E-state index contributed by atoms with van der Waals surface area (Å²) in [5.74, 6) is 0.667. The van der Waals surface area contributed by atoms with Crippen LogP contribution in [0.15, 0.2) is 0 Å². The summed E-state index contributed by atoms with van der Waals surface area (Å²) in [7, 11) is 2.16. The van der Waals surface area contributed by atoms with E-state index in [1.807, 2.05) is 0 Å². The molecule has 0 aromatic carbocycles. The molecule has 0 unspecified atom stereocenters. The molecular formula is C13H25N3O. The van der Waals surface area contributed by atoms with E-state index < -0.39 is 0 Å². The minimum Gasteiger partial charge on any atom is -0.338 e. The molecule has 4 heteroatoms. The summed E-state index contributed by atoms with van der Waals surface area (Å²) in [6, 6.07) is 0.461. The largest absolute Gasteiger partial charge is 0.338 e. The molecule has 0 aromatic heterocycles. The molecule has 1 saturated carbocycles. The van der Waals surface area contributed by atoms with Crippen molar-refractivity contribution in [1.29, 1.82) is 0 Å². The first-order valence-corrected chi connectivity index (χ1v) is 6.97. The van der Waals surface area contributed by atoms with Crippen molar-refractivity contribution in [3.05, 3.63) is 0 Å². The second-order valence-corrected chi connectivity index (χ2v) is 5.58. The SMILES string of the molecule is CN1CCC(CNC(=O)NC2CCCC2)CC1. The Morgan fingerprint density at radius 1 is 1.18 bits per heavy atom. The van der Waals surface area contributed by atoms with Gasteiger partial charge in [-0.1, -0.05) is 12.8 Å². The number of hydrogen-bond donors (Lipinski definition) is 2. The lowest BCUT2D eigenvalue weighted by Gasteiger charge is -2.29. The number of carbonyl (C=O) groups excluding carboxylic acids is 1. The average molecular weight is 239 g/mol. The Morgan fingerprint density at radius 3 is 2.47 bits per heavy atom. The molecule has 2 amide bonds. The fourth-order valence-corrected chi connectivity index (χ4v) is 2.81. The first-order chi connectivity index (χ1) is 8.24. The van der Waals surface area contributed by atoms with Crippen molar-refractivity contribution in [2.45, 2.75) is 44.6 Å². The van der Waals surface area contributed by atoms with Gasteiger partial charge in [-0.25, -0.2) is 4.79 Å². The van der Waals surface area contributed by atoms with Crippen molar-refractivity contribution >= 4 is 6.03 Å². The molecule has 2 N–H and O–H groups in total. The standard InChI is InChI=1S/C13H25N3O/c1-16-8-6-11(7-9-16)10-14-13(17)15-12-4-2-3-5-12/h11-12H,2-10H2,1H3,(H2,14,15,17). The lowest BCUT2D eigenvalue weighted by Crippen LogP contribution is -2.44. The third-order valence-corrected chi connectivity index (χ3v) is 4.08. The van der Waals surface area contributed by atoms with Gasteiger partial charge in [0.1, 0.15) is 0 Å². The molecule has 98 valence electrons. The number of nitrogens with one attached hydrogen (secondary N) is 2. The molecular weight excluding hydrogens is 214 g/mol. The number of rotatable bonds is 3. The highest BCUT2D eigenvalue weighted by atomic mass is 16.2. The van der Waals surface area contributed by atoms with Gasteiger partial charge in [0.2, 0.25) is 0 Å². The molecule has 0 radical (unpaired) electrons. The number of nitrogens with zero attached hydrogens (tertiary/aromatic N) is 1. The molecule has 2 aliphatic rings. The van der Waals surface area contributed by atoms with E-state index in [4.69, 9.17) is 0 Å². The number of amides is 2. The van der Waals surface area contributed by atoms with Gasteiger partial charge in [-0.3, -0.25) is 0 Å². The van der Waals surface area contributed by atoms with Crippen LogP contribution in [0.25, 0.3) is 0 Å². The quantitative estimate of drug-likeness (QED) is 0.785. The zero-order valence-electron chi connectivity index (χ0n) is 10.9. The van der Waals surface area contributed by atoms with Crippen LogP contribution < -0.4 is 10.6 Å². The minimum absolute atomic E-state index is 0.0378. The highest BCUT2D eigenvalue weighted by molar-refractivity contribution is 5.74. The second-order valence-electron chi connectivity index (χ2n) is 5.58. The van der Waals surface area contributed by atoms with Crippen LogP contribution >= 0.6 is 0 Å². The molecule has 0 atom stereocenters. The maximum Gasteiger partial charge on any atom is 0.315 e. The molecule has 1 aliphatic heterocycles. The highest BCUT2D eigenvalue weighted by Gasteiger charge is 2.19. The normalized spacial score (nSPS) is 23.8. The summed E-state index contributed by atoms with van der Waals surface area (Å²) < 4.78 is 0. The third-order valence-electron chi connectivity index (χ3n) is 4.08. The number of hydrogen-bond acceptors (Lipinski definition) is 2. The lowest BCUT2D eigenvalue weighted by molar-refractivity contribution is 0.208. The van der Waals surface area contributed by atoms with Gasteiger partial charge in [-0.15, -0.1) is 0 Å². The van der Waals surface area contributed by atoms with E-state index in [9.17, 15) is 4.79 Å². The Morgan fingerprint density at radius 2 is 1.82 bits per heavy atom. The fourth-order valence-electron chi connectivity index (χ4n) is 2.81. The summed E-state index contributed by atoms with van der Waals surface area (Å²) in [4.78, 5) is 14.0. The van der Waals surface area contributed by atoms with Crippen LogP contribution in [0.3, 0.4) is 0 Å². The zero-order chi connectivity index (χ0) is 12.1. The van der Waals surface area contributed by atoms with Crippen molar-refractivity contribution in [2.24, 2.45) is 5.92 Å². The van der Waals surface area contributed by atoms with Crippen molar-refractivity contribution in [3.63, 3.8) is 0 Å². The van der Waals surface area contributed by atoms with Crippen LogP contribution in [0.1, 0.15) is 38.5 Å². The van der Waals surface area contributed by atoms with Crippen molar-refractivity contribution in [1.82, 2.24) is 15.5 Å². The van der Waals surface area contributed by atoms with Crippen LogP contribution in [-0.2, 0) is 0 Å². The van der Waals surface area contributed by atoms with E-state index >= 15 is 0 Å². The summed E-state index contributed by atoms with van der Waals surface area (Å²) in [5, 5.41) is 6.09. The van der Waals surface area contributed by atoms with Gasteiger partial charge in [0.05, 0.1) is 0 Å². The Bertz CT molecular complexity index is 243. The monoisotopic (exact) mass is 239 g/mol. The lowest BCUT2D eigenvalue weighted by atomic mass is 9.97. The van der Waals surface area contributed by atoms with Gasteiger partial charge in [0.15, 0.2) is 0 Å². The van der Waals surface area contributed by atoms with E-state index in [2.05, 4.69) is 22.6 Å². The van der Waals surface area contributed by atoms with Crippen LogP contribution in [0.2, 0.25) is 0 Å². The van der Waals surface area contributed by atoms with Crippen molar-refractivity contribution in [3.8, 4) is 0 Å². The summed E-state index contributed by atoms with van der Waals surface area (Å²) in [6.07, 6.45) is 7.25. The molecule has 0 bridgehead atoms. The maximum absolute atomic E-state index is 11.7. The zero-order valence-corrected chi connectivity index (χ0v) is 10.9. The minimum atomic E-state index is 0.0378. The predicted molar refractivity (Wildman–Crippen MR) is 69.0 cm³/mol. The van der Waals surface area contributed by atoms with Crippen LogP contribution in [0.4, 0.5) is 4.79 Å². The molecule has 2 fully saturated rings. The smallest absolute Gasteiger partial charge is 0.315 e. The first-order valence-electron chi connectivity index (χ1n) is 6.97. The maximum atomic E-state index is 11.7. The van der Waals surface area contributed by atoms with Gasteiger partial charge in [-0.2, -0.15) is 0 Å². The Balaban J connectivity index is 1.59. The van der Waals surface area contributed by atoms with Crippen molar-refractivity contribution < 1.29 is 4.79 Å². The highest BCUT2D eigenvalue weighted by Crippen LogP contribution is 2.17. The number of likely N-dealkylation sites (tertiary alicyclic amines) is 1. The molecule has 2 rings (SSSR count). The Labute approximate surface area is 104 Å². The molecule has 0 spiro atoms. The second kappa shape index (κ2) is 6.24. The predicted octanol–water partition coefficient (Wildman–Crippen LogP) is 1.57. The Kier molecular flexibility index (Phi) is 4.66. The summed E-state index contributed by atoms with van der Waals surface area (Å²) in [6.45, 7) is 3.17. The number of carbonyl (C=O) groups is 1. The van der Waals surface area contributed by atoms with Crippen LogP contribution in [0.5, 0.6) is 0 Å². The van der Waals surface area contributed by atoms with E-state index in [0.29, 0.717) is 12.0 Å². The number of piperidine rings is 1. The van der Waals surface area contributed by atoms with Gasteiger partial charge in [0, 0.05) is 12.6 Å². The van der Waals surface area contributed by atoms with Gasteiger partial charge < -0.3 is 15.5 Å². The van der Waals surface area contributed by atoms with Gasteiger partial charge in [0.25, 0.3) is 0 Å². The first kappa shape index (κ1) is 12.7. The van der Waals surface area contributed by atoms with Crippen LogP contribution in [0, 0.1) is 5.92 Å². The topological polar surface area (TPSA) is 44.4 Å². The molecule has 0 aromatic rings. The van der Waals surface area contributed by atoms with E-state index in [-0.39, 0.29) is 6.03 Å². The summed E-state index contributed by atoms with van der Waals surface area (Å²) in [5.41, 5.74) is 0. The summed E-state index contributed by atoms with van der Waals surface area (Å²) >= 11 is 0. The van der Waals surface area contributed by atoms with Gasteiger partial charge >= 0.3 is 6.03 Å². The number of urea groups is 1. The van der Waals surface area contributed by atoms with Crippen LogP contribution in [-0.4, -0.2) is 43.7 Å².